The molecule has 22 heavy (non-hydrogen) atoms. The first kappa shape index (κ1) is 18.9. The van der Waals surface area contributed by atoms with Crippen LogP contribution in [0.4, 0.5) is 0 Å². The van der Waals surface area contributed by atoms with Gasteiger partial charge in [-0.2, -0.15) is 0 Å². The van der Waals surface area contributed by atoms with Crippen molar-refractivity contribution in [2.75, 3.05) is 7.05 Å². The summed E-state index contributed by atoms with van der Waals surface area (Å²) in [4.78, 5) is 8.94. The van der Waals surface area contributed by atoms with Gasteiger partial charge in [0.25, 0.3) is 0 Å². The van der Waals surface area contributed by atoms with Crippen LogP contribution in [0.2, 0.25) is 0 Å². The lowest BCUT2D eigenvalue weighted by atomic mass is 9.89. The Balaban J connectivity index is 2.41. The van der Waals surface area contributed by atoms with Crippen LogP contribution in [0.3, 0.4) is 0 Å². The molecular formula is C17H32N4S. The Morgan fingerprint density at radius 2 is 2.00 bits per heavy atom. The summed E-state index contributed by atoms with van der Waals surface area (Å²) in [5.74, 6) is 1.34. The highest BCUT2D eigenvalue weighted by molar-refractivity contribution is 7.09. The van der Waals surface area contributed by atoms with Gasteiger partial charge in [0.1, 0.15) is 0 Å². The molecule has 0 aliphatic rings. The minimum atomic E-state index is 0.376. The van der Waals surface area contributed by atoms with Crippen molar-refractivity contribution < 1.29 is 0 Å². The third-order valence-corrected chi connectivity index (χ3v) is 4.63. The SMILES string of the molecule is CN=C(NCc1csc(C(C)C)n1)NC(C)CCC(C)(C)C. The number of aromatic nitrogens is 1. The summed E-state index contributed by atoms with van der Waals surface area (Å²) in [6.07, 6.45) is 2.33. The Kier molecular flexibility index (Phi) is 7.33. The molecule has 0 aromatic carbocycles. The summed E-state index contributed by atoms with van der Waals surface area (Å²) >= 11 is 1.73. The van der Waals surface area contributed by atoms with Crippen molar-refractivity contribution in [1.29, 1.82) is 0 Å². The molecule has 5 heteroatoms. The smallest absolute Gasteiger partial charge is 0.191 e. The number of aliphatic imine (C=N–C) groups is 1. The van der Waals surface area contributed by atoms with Crippen LogP contribution in [-0.4, -0.2) is 24.0 Å². The van der Waals surface area contributed by atoms with Gasteiger partial charge in [0.2, 0.25) is 0 Å². The molecule has 4 nitrogen and oxygen atoms in total. The zero-order chi connectivity index (χ0) is 16.8. The molecule has 2 N–H and O–H groups in total. The van der Waals surface area contributed by atoms with E-state index in [2.05, 4.69) is 67.5 Å². The van der Waals surface area contributed by atoms with E-state index in [-0.39, 0.29) is 0 Å². The maximum atomic E-state index is 4.64. The Morgan fingerprint density at radius 1 is 1.32 bits per heavy atom. The van der Waals surface area contributed by atoms with Crippen molar-refractivity contribution in [3.8, 4) is 0 Å². The maximum Gasteiger partial charge on any atom is 0.191 e. The number of rotatable bonds is 6. The molecule has 0 aliphatic heterocycles. The zero-order valence-electron chi connectivity index (χ0n) is 15.2. The zero-order valence-corrected chi connectivity index (χ0v) is 16.0. The molecule has 1 heterocycles. The van der Waals surface area contributed by atoms with Crippen molar-refractivity contribution >= 4 is 17.3 Å². The molecule has 1 unspecified atom stereocenters. The average Bonchev–Trinajstić information content (AvgIpc) is 2.89. The third kappa shape index (κ3) is 7.25. The van der Waals surface area contributed by atoms with Crippen molar-refractivity contribution in [3.05, 3.63) is 16.1 Å². The van der Waals surface area contributed by atoms with Crippen LogP contribution >= 0.6 is 11.3 Å². The molecule has 0 amide bonds. The predicted octanol–water partition coefficient (Wildman–Crippen LogP) is 4.15. The van der Waals surface area contributed by atoms with Crippen molar-refractivity contribution in [1.82, 2.24) is 15.6 Å². The normalized spacial score (nSPS) is 14.3. The Morgan fingerprint density at radius 3 is 2.50 bits per heavy atom. The van der Waals surface area contributed by atoms with Crippen LogP contribution in [0.15, 0.2) is 10.4 Å². The number of thiazole rings is 1. The predicted molar refractivity (Wildman–Crippen MR) is 97.7 cm³/mol. The Labute approximate surface area is 139 Å². The molecule has 0 saturated carbocycles. The average molecular weight is 325 g/mol. The highest BCUT2D eigenvalue weighted by atomic mass is 32.1. The van der Waals surface area contributed by atoms with Gasteiger partial charge in [-0.1, -0.05) is 34.6 Å². The molecule has 0 bridgehead atoms. The fourth-order valence-corrected chi connectivity index (χ4v) is 2.83. The summed E-state index contributed by atoms with van der Waals surface area (Å²) in [5, 5.41) is 10.1. The number of guanidine groups is 1. The second kappa shape index (κ2) is 8.51. The van der Waals surface area contributed by atoms with E-state index in [0.717, 1.165) is 24.6 Å². The monoisotopic (exact) mass is 324 g/mol. The first-order chi connectivity index (χ1) is 10.2. The van der Waals surface area contributed by atoms with E-state index in [9.17, 15) is 0 Å². The van der Waals surface area contributed by atoms with Crippen LogP contribution in [-0.2, 0) is 6.54 Å². The second-order valence-electron chi connectivity index (χ2n) is 7.40. The van der Waals surface area contributed by atoms with Crippen molar-refractivity contribution in [3.63, 3.8) is 0 Å². The first-order valence-electron chi connectivity index (χ1n) is 8.12. The second-order valence-corrected chi connectivity index (χ2v) is 8.29. The number of nitrogens with zero attached hydrogens (tertiary/aromatic N) is 2. The third-order valence-electron chi connectivity index (χ3n) is 3.43. The van der Waals surface area contributed by atoms with Crippen molar-refractivity contribution in [2.24, 2.45) is 10.4 Å². The molecule has 1 atom stereocenters. The van der Waals surface area contributed by atoms with Gasteiger partial charge in [0.15, 0.2) is 5.96 Å². The van der Waals surface area contributed by atoms with Gasteiger partial charge in [-0.05, 0) is 25.2 Å². The number of hydrogen-bond acceptors (Lipinski definition) is 3. The minimum absolute atomic E-state index is 0.376. The number of nitrogens with one attached hydrogen (secondary N) is 2. The van der Waals surface area contributed by atoms with E-state index >= 15 is 0 Å². The quantitative estimate of drug-likeness (QED) is 0.610. The van der Waals surface area contributed by atoms with E-state index < -0.39 is 0 Å². The van der Waals surface area contributed by atoms with E-state index in [1.807, 2.05) is 7.05 Å². The Hall–Kier alpha value is -1.10. The highest BCUT2D eigenvalue weighted by Crippen LogP contribution is 2.21. The molecular weight excluding hydrogens is 292 g/mol. The van der Waals surface area contributed by atoms with Crippen LogP contribution in [0.1, 0.15) is 71.0 Å². The molecule has 0 saturated heterocycles. The van der Waals surface area contributed by atoms with Gasteiger partial charge < -0.3 is 10.6 Å². The lowest BCUT2D eigenvalue weighted by Crippen LogP contribution is -2.42. The summed E-state index contributed by atoms with van der Waals surface area (Å²) in [7, 11) is 1.81. The summed E-state index contributed by atoms with van der Waals surface area (Å²) in [6, 6.07) is 0.409. The Bertz CT molecular complexity index is 471. The van der Waals surface area contributed by atoms with E-state index in [4.69, 9.17) is 0 Å². The molecule has 0 aliphatic carbocycles. The molecule has 1 aromatic rings. The van der Waals surface area contributed by atoms with Gasteiger partial charge in [-0.3, -0.25) is 4.99 Å². The summed E-state index contributed by atoms with van der Waals surface area (Å²) in [6.45, 7) is 14.1. The van der Waals surface area contributed by atoms with E-state index in [0.29, 0.717) is 17.4 Å². The van der Waals surface area contributed by atoms with Gasteiger partial charge in [0, 0.05) is 24.4 Å². The molecule has 1 rings (SSSR count). The largest absolute Gasteiger partial charge is 0.354 e. The molecule has 0 spiro atoms. The molecule has 1 aromatic heterocycles. The van der Waals surface area contributed by atoms with Gasteiger partial charge in [-0.15, -0.1) is 11.3 Å². The minimum Gasteiger partial charge on any atom is -0.354 e. The molecule has 0 radical (unpaired) electrons. The fourth-order valence-electron chi connectivity index (χ4n) is 1.99. The summed E-state index contributed by atoms with van der Waals surface area (Å²) < 4.78 is 0. The fraction of sp³-hybridized carbons (Fsp3) is 0.765. The van der Waals surface area contributed by atoms with Crippen molar-refractivity contribution in [2.45, 2.75) is 72.9 Å². The van der Waals surface area contributed by atoms with Crippen LogP contribution in [0, 0.1) is 5.41 Å². The van der Waals surface area contributed by atoms with Gasteiger partial charge >= 0.3 is 0 Å². The van der Waals surface area contributed by atoms with Gasteiger partial charge in [0.05, 0.1) is 17.2 Å². The number of hydrogen-bond donors (Lipinski definition) is 2. The van der Waals surface area contributed by atoms with E-state index in [1.165, 1.54) is 11.4 Å². The standard InChI is InChI=1S/C17H32N4S/c1-12(2)15-21-14(11-22-15)10-19-16(18-7)20-13(3)8-9-17(4,5)6/h11-13H,8-10H2,1-7H3,(H2,18,19,20). The van der Waals surface area contributed by atoms with Crippen LogP contribution < -0.4 is 10.6 Å². The van der Waals surface area contributed by atoms with E-state index in [1.54, 1.807) is 11.3 Å². The molecule has 126 valence electrons. The first-order valence-corrected chi connectivity index (χ1v) is 9.00. The molecule has 0 fully saturated rings. The van der Waals surface area contributed by atoms with Crippen LogP contribution in [0.5, 0.6) is 0 Å². The topological polar surface area (TPSA) is 49.3 Å². The maximum absolute atomic E-state index is 4.64. The van der Waals surface area contributed by atoms with Crippen LogP contribution in [0.25, 0.3) is 0 Å². The lowest BCUT2D eigenvalue weighted by Gasteiger charge is -2.23. The van der Waals surface area contributed by atoms with Gasteiger partial charge in [-0.25, -0.2) is 4.98 Å². The highest BCUT2D eigenvalue weighted by Gasteiger charge is 2.13. The lowest BCUT2D eigenvalue weighted by molar-refractivity contribution is 0.346. The summed E-state index contributed by atoms with van der Waals surface area (Å²) in [5.41, 5.74) is 1.46.